The summed E-state index contributed by atoms with van der Waals surface area (Å²) in [5.74, 6) is -0.0141. The van der Waals surface area contributed by atoms with Crippen molar-refractivity contribution in [3.8, 4) is 16.9 Å². The van der Waals surface area contributed by atoms with Crippen molar-refractivity contribution < 1.29 is 14.7 Å². The van der Waals surface area contributed by atoms with Gasteiger partial charge in [-0.25, -0.2) is 4.68 Å². The molecule has 0 saturated carbocycles. The number of benzene rings is 2. The van der Waals surface area contributed by atoms with Crippen molar-refractivity contribution in [2.75, 3.05) is 12.3 Å². The number of para-hydroxylation sites is 1. The van der Waals surface area contributed by atoms with Crippen molar-refractivity contribution in [1.29, 1.82) is 0 Å². The van der Waals surface area contributed by atoms with Crippen LogP contribution in [0, 0.1) is 0 Å². The van der Waals surface area contributed by atoms with E-state index in [-0.39, 0.29) is 12.3 Å². The van der Waals surface area contributed by atoms with Crippen LogP contribution >= 0.6 is 35.7 Å². The molecule has 0 aliphatic carbocycles. The van der Waals surface area contributed by atoms with Gasteiger partial charge < -0.3 is 5.11 Å². The topological polar surface area (TPSA) is 75.4 Å². The summed E-state index contributed by atoms with van der Waals surface area (Å²) in [5.41, 5.74) is 3.47. The molecule has 2 heterocycles. The van der Waals surface area contributed by atoms with Gasteiger partial charge in [-0.2, -0.15) is 5.10 Å². The Labute approximate surface area is 218 Å². The second-order valence-corrected chi connectivity index (χ2v) is 10.8. The molecule has 1 aliphatic rings. The van der Waals surface area contributed by atoms with Crippen molar-refractivity contribution >= 4 is 58.0 Å². The number of hydrogen-bond acceptors (Lipinski definition) is 6. The van der Waals surface area contributed by atoms with E-state index in [1.807, 2.05) is 59.0 Å². The second-order valence-electron chi connectivity index (χ2n) is 7.92. The highest BCUT2D eigenvalue weighted by Gasteiger charge is 2.32. The Morgan fingerprint density at radius 1 is 1.17 bits per heavy atom. The molecule has 0 bridgehead atoms. The molecule has 2 aromatic carbocycles. The minimum atomic E-state index is -0.886. The molecule has 180 valence electrons. The van der Waals surface area contributed by atoms with Gasteiger partial charge >= 0.3 is 5.97 Å². The first-order valence-electron chi connectivity index (χ1n) is 11.3. The summed E-state index contributed by atoms with van der Waals surface area (Å²) in [4.78, 5) is 27.1. The standard InChI is InChI=1S/C26H25N3O3S3/c1-2-15-34-21-12-10-18(11-13-21)24-19(17-29(27-24)20-7-4-3-5-8-20)16-22-25(32)28(26(33)35-22)14-6-9-23(30)31/h3-5,7-8,10-13,16-17H,2,6,9,14-15H2,1H3,(H,30,31). The highest BCUT2D eigenvalue weighted by Crippen LogP contribution is 2.35. The van der Waals surface area contributed by atoms with E-state index in [1.54, 1.807) is 0 Å². The van der Waals surface area contributed by atoms with Crippen molar-refractivity contribution in [1.82, 2.24) is 14.7 Å². The molecule has 35 heavy (non-hydrogen) atoms. The third-order valence-corrected chi connectivity index (χ3v) is 7.89. The van der Waals surface area contributed by atoms with E-state index >= 15 is 0 Å². The fraction of sp³-hybridized carbons (Fsp3) is 0.231. The number of carbonyl (C=O) groups excluding carboxylic acids is 1. The molecule has 1 N–H and O–H groups in total. The molecule has 0 unspecified atom stereocenters. The Hall–Kier alpha value is -2.88. The maximum absolute atomic E-state index is 13.0. The third kappa shape index (κ3) is 6.22. The number of carboxylic acid groups (broad SMARTS) is 1. The molecule has 1 aromatic heterocycles. The Bertz CT molecular complexity index is 1250. The van der Waals surface area contributed by atoms with Gasteiger partial charge in [-0.1, -0.05) is 61.2 Å². The number of aromatic nitrogens is 2. The number of thioether (sulfide) groups is 2. The SMILES string of the molecule is CCCSc1ccc(-c2nn(-c3ccccc3)cc2C=C2SC(=S)N(CCCC(=O)O)C2=O)cc1. The van der Waals surface area contributed by atoms with Crippen LogP contribution in [0.25, 0.3) is 23.0 Å². The first-order chi connectivity index (χ1) is 17.0. The van der Waals surface area contributed by atoms with E-state index in [0.29, 0.717) is 22.2 Å². The van der Waals surface area contributed by atoms with Gasteiger partial charge in [0.1, 0.15) is 4.32 Å². The Morgan fingerprint density at radius 2 is 1.91 bits per heavy atom. The van der Waals surface area contributed by atoms with Gasteiger partial charge in [0.25, 0.3) is 5.91 Å². The zero-order valence-electron chi connectivity index (χ0n) is 19.2. The van der Waals surface area contributed by atoms with E-state index < -0.39 is 5.97 Å². The molecule has 9 heteroatoms. The number of thiocarbonyl (C=S) groups is 1. The predicted molar refractivity (Wildman–Crippen MR) is 147 cm³/mol. The Morgan fingerprint density at radius 3 is 2.60 bits per heavy atom. The first kappa shape index (κ1) is 25.2. The maximum atomic E-state index is 13.0. The molecule has 1 saturated heterocycles. The molecule has 1 fully saturated rings. The summed E-state index contributed by atoms with van der Waals surface area (Å²) >= 11 is 8.46. The second kappa shape index (κ2) is 11.7. The van der Waals surface area contributed by atoms with Crippen LogP contribution in [-0.2, 0) is 9.59 Å². The number of rotatable bonds is 10. The largest absolute Gasteiger partial charge is 0.481 e. The smallest absolute Gasteiger partial charge is 0.303 e. The van der Waals surface area contributed by atoms with Gasteiger partial charge in [0.15, 0.2) is 0 Å². The third-order valence-electron chi connectivity index (χ3n) is 5.30. The highest BCUT2D eigenvalue weighted by atomic mass is 32.2. The number of carboxylic acids is 1. The summed E-state index contributed by atoms with van der Waals surface area (Å²) in [6, 6.07) is 18.1. The van der Waals surface area contributed by atoms with Crippen LogP contribution in [0.5, 0.6) is 0 Å². The van der Waals surface area contributed by atoms with E-state index in [0.717, 1.165) is 34.7 Å². The zero-order chi connectivity index (χ0) is 24.8. The van der Waals surface area contributed by atoms with Crippen LogP contribution in [-0.4, -0.2) is 48.3 Å². The lowest BCUT2D eigenvalue weighted by Crippen LogP contribution is -2.29. The number of aliphatic carboxylic acids is 1. The maximum Gasteiger partial charge on any atom is 0.303 e. The molecule has 1 aliphatic heterocycles. The van der Waals surface area contributed by atoms with E-state index in [9.17, 15) is 9.59 Å². The van der Waals surface area contributed by atoms with Gasteiger partial charge in [0.2, 0.25) is 0 Å². The highest BCUT2D eigenvalue weighted by molar-refractivity contribution is 8.26. The molecule has 3 aromatic rings. The Kier molecular flexibility index (Phi) is 8.43. The average molecular weight is 524 g/mol. The molecule has 0 atom stereocenters. The van der Waals surface area contributed by atoms with Crippen LogP contribution in [0.1, 0.15) is 31.7 Å². The normalized spacial score (nSPS) is 14.8. The monoisotopic (exact) mass is 523 g/mol. The fourth-order valence-corrected chi connectivity index (χ4v) is 5.65. The lowest BCUT2D eigenvalue weighted by molar-refractivity contribution is -0.137. The van der Waals surface area contributed by atoms with Gasteiger partial charge in [0, 0.05) is 35.2 Å². The first-order valence-corrected chi connectivity index (χ1v) is 13.5. The fourth-order valence-electron chi connectivity index (χ4n) is 3.58. The number of hydrogen-bond donors (Lipinski definition) is 1. The summed E-state index contributed by atoms with van der Waals surface area (Å²) < 4.78 is 2.26. The van der Waals surface area contributed by atoms with Crippen molar-refractivity contribution in [2.45, 2.75) is 31.1 Å². The number of carbonyl (C=O) groups is 2. The van der Waals surface area contributed by atoms with Gasteiger partial charge in [-0.15, -0.1) is 11.8 Å². The van der Waals surface area contributed by atoms with Gasteiger partial charge in [0.05, 0.1) is 16.3 Å². The van der Waals surface area contributed by atoms with Crippen molar-refractivity contribution in [3.05, 3.63) is 71.3 Å². The van der Waals surface area contributed by atoms with Gasteiger partial charge in [-0.3, -0.25) is 14.5 Å². The number of nitrogens with zero attached hydrogens (tertiary/aromatic N) is 3. The molecule has 1 amide bonds. The lowest BCUT2D eigenvalue weighted by Gasteiger charge is -2.13. The van der Waals surface area contributed by atoms with Crippen molar-refractivity contribution in [2.24, 2.45) is 0 Å². The van der Waals surface area contributed by atoms with E-state index in [2.05, 4.69) is 31.2 Å². The van der Waals surface area contributed by atoms with Crippen molar-refractivity contribution in [3.63, 3.8) is 0 Å². The lowest BCUT2D eigenvalue weighted by atomic mass is 10.1. The van der Waals surface area contributed by atoms with Crippen LogP contribution in [0.2, 0.25) is 0 Å². The van der Waals surface area contributed by atoms with Crippen LogP contribution < -0.4 is 0 Å². The minimum absolute atomic E-state index is 0.00333. The quantitative estimate of drug-likeness (QED) is 0.195. The van der Waals surface area contributed by atoms with E-state index in [1.165, 1.54) is 21.6 Å². The molecule has 0 radical (unpaired) electrons. The minimum Gasteiger partial charge on any atom is -0.481 e. The average Bonchev–Trinajstić information content (AvgIpc) is 3.40. The predicted octanol–water partition coefficient (Wildman–Crippen LogP) is 6.11. The van der Waals surface area contributed by atoms with Crippen LogP contribution in [0.15, 0.2) is 70.6 Å². The van der Waals surface area contributed by atoms with E-state index in [4.69, 9.17) is 22.4 Å². The van der Waals surface area contributed by atoms with Crippen LogP contribution in [0.3, 0.4) is 0 Å². The van der Waals surface area contributed by atoms with Gasteiger partial charge in [-0.05, 0) is 48.9 Å². The molecule has 4 rings (SSSR count). The summed E-state index contributed by atoms with van der Waals surface area (Å²) in [6.45, 7) is 2.46. The number of amides is 1. The molecule has 0 spiro atoms. The summed E-state index contributed by atoms with van der Waals surface area (Å²) in [5, 5.41) is 13.7. The zero-order valence-corrected chi connectivity index (χ0v) is 21.7. The molecular formula is C26H25N3O3S3. The Balaban J connectivity index is 1.66. The summed E-state index contributed by atoms with van der Waals surface area (Å²) in [7, 11) is 0. The molecule has 6 nitrogen and oxygen atoms in total. The summed E-state index contributed by atoms with van der Waals surface area (Å²) in [6.07, 6.45) is 5.22. The van der Waals surface area contributed by atoms with Crippen LogP contribution in [0.4, 0.5) is 0 Å². The molecular weight excluding hydrogens is 499 g/mol.